The summed E-state index contributed by atoms with van der Waals surface area (Å²) in [5.74, 6) is 0. The summed E-state index contributed by atoms with van der Waals surface area (Å²) in [7, 11) is 0. The van der Waals surface area contributed by atoms with Crippen molar-refractivity contribution in [2.45, 2.75) is 13.3 Å². The number of hydrogen-bond donors (Lipinski definition) is 2. The second kappa shape index (κ2) is 6.88. The molecule has 0 bridgehead atoms. The van der Waals surface area contributed by atoms with Crippen molar-refractivity contribution in [1.82, 2.24) is 4.91 Å². The molecule has 4 heteroatoms. The van der Waals surface area contributed by atoms with Crippen LogP contribution in [0.25, 0.3) is 11.1 Å². The highest BCUT2D eigenvalue weighted by atomic mass is 16.1. The van der Waals surface area contributed by atoms with Crippen LogP contribution < -0.4 is 4.91 Å². The average Bonchev–Trinajstić information content (AvgIpc) is 2.13. The number of benzene rings is 1. The van der Waals surface area contributed by atoms with Gasteiger partial charge in [-0.15, -0.1) is 0 Å². The molecule has 0 aromatic rings. The lowest BCUT2D eigenvalue weighted by atomic mass is 9.95. The zero-order valence-corrected chi connectivity index (χ0v) is 7.45. The van der Waals surface area contributed by atoms with Crippen LogP contribution in [-0.4, -0.2) is 6.29 Å². The molecule has 4 nitrogen and oxygen atoms in total. The predicted octanol–water partition coefficient (Wildman–Crippen LogP) is 2.38. The van der Waals surface area contributed by atoms with Crippen molar-refractivity contribution in [2.24, 2.45) is 0 Å². The number of nitrogens with zero attached hydrogens (tertiary/aromatic N) is 1. The number of hydrogen-bond acceptors (Lipinski definition) is 3. The Bertz CT molecular complexity index is 265. The maximum Gasteiger partial charge on any atom is 0.211 e. The van der Waals surface area contributed by atoms with Gasteiger partial charge in [-0.05, 0) is 11.1 Å². The van der Waals surface area contributed by atoms with Gasteiger partial charge in [-0.1, -0.05) is 31.2 Å². The minimum atomic E-state index is 0.639. The number of carbonyl (C=O) groups is 1. The molecule has 0 atom stereocenters. The second-order valence-corrected chi connectivity index (χ2v) is 2.26. The normalized spacial score (nSPS) is 7.77. The number of fused-ring (bicyclic) bond motifs is 1. The number of nitrogens with one attached hydrogen (secondary N) is 2. The fourth-order valence-corrected chi connectivity index (χ4v) is 0.663. The number of carbonyl (C=O) groups excluding carboxylic acids is 1. The zero-order chi connectivity index (χ0) is 10.1. The van der Waals surface area contributed by atoms with Gasteiger partial charge in [0.25, 0.3) is 0 Å². The third-order valence-corrected chi connectivity index (χ3v) is 1.38. The maximum atomic E-state index is 9.17. The molecule has 68 valence electrons. The summed E-state index contributed by atoms with van der Waals surface area (Å²) in [5.41, 5.74) is 13.9. The van der Waals surface area contributed by atoms with Crippen LogP contribution in [0.3, 0.4) is 0 Å². The first-order valence-corrected chi connectivity index (χ1v) is 3.87. The molecule has 0 aromatic heterocycles. The van der Waals surface area contributed by atoms with Crippen molar-refractivity contribution in [2.75, 3.05) is 0 Å². The topological polar surface area (TPSA) is 78.9 Å². The minimum absolute atomic E-state index is 0.639. The molecule has 2 N–H and O–H groups in total. The van der Waals surface area contributed by atoms with Crippen molar-refractivity contribution < 1.29 is 4.79 Å². The Morgan fingerprint density at radius 1 is 1.23 bits per heavy atom. The Morgan fingerprint density at radius 2 is 1.46 bits per heavy atom. The zero-order valence-electron chi connectivity index (χ0n) is 7.45. The van der Waals surface area contributed by atoms with Gasteiger partial charge in [0.05, 0.1) is 0 Å². The Labute approximate surface area is 76.6 Å². The van der Waals surface area contributed by atoms with Gasteiger partial charge in [-0.2, -0.15) is 0 Å². The fourth-order valence-electron chi connectivity index (χ4n) is 0.663. The molecule has 0 aromatic carbocycles. The third kappa shape index (κ3) is 3.94. The molecule has 0 amide bonds. The summed E-state index contributed by atoms with van der Waals surface area (Å²) >= 11 is 0. The van der Waals surface area contributed by atoms with Crippen molar-refractivity contribution in [3.8, 4) is 11.1 Å². The molecule has 0 saturated carbocycles. The van der Waals surface area contributed by atoms with E-state index in [1.807, 2.05) is 11.8 Å². The van der Waals surface area contributed by atoms with E-state index >= 15 is 0 Å². The maximum absolute atomic E-state index is 9.17. The first-order chi connectivity index (χ1) is 6.29. The Balaban J connectivity index is 0.000000184. The molecule has 13 heavy (non-hydrogen) atoms. The third-order valence-electron chi connectivity index (χ3n) is 1.38. The quantitative estimate of drug-likeness (QED) is 0.392. The van der Waals surface area contributed by atoms with Crippen LogP contribution in [0.15, 0.2) is 24.3 Å². The minimum Gasteiger partial charge on any atom is -0.303 e. The lowest BCUT2D eigenvalue weighted by molar-refractivity contribution is -0.107. The van der Waals surface area contributed by atoms with E-state index in [4.69, 9.17) is 11.1 Å². The molecule has 0 radical (unpaired) electrons. The van der Waals surface area contributed by atoms with Gasteiger partial charge >= 0.3 is 0 Å². The van der Waals surface area contributed by atoms with Crippen LogP contribution in [0.1, 0.15) is 13.3 Å². The molecule has 0 heterocycles. The van der Waals surface area contributed by atoms with Gasteiger partial charge in [0.2, 0.25) is 4.91 Å². The van der Waals surface area contributed by atoms with Crippen molar-refractivity contribution in [3.05, 3.63) is 24.3 Å². The van der Waals surface area contributed by atoms with E-state index in [0.29, 0.717) is 6.42 Å². The van der Waals surface area contributed by atoms with Crippen LogP contribution in [0.2, 0.25) is 0 Å². The summed E-state index contributed by atoms with van der Waals surface area (Å²) in [4.78, 5) is 11.2. The van der Waals surface area contributed by atoms with Gasteiger partial charge in [-0.3, -0.25) is 0 Å². The van der Waals surface area contributed by atoms with Crippen molar-refractivity contribution >= 4 is 6.29 Å². The molecule has 0 saturated heterocycles. The molecule has 0 unspecified atom stereocenters. The highest BCUT2D eigenvalue weighted by Crippen LogP contribution is 2.29. The standard InChI is InChI=1S/C6H4.C3H6O.H2N3/c1-2-6-4-3-5(1)6;1-2-3-4;1-3-2/h1-4H;3H,2H2,1H3;1-2H/q;;+1. The van der Waals surface area contributed by atoms with E-state index in [-0.39, 0.29) is 0 Å². The highest BCUT2D eigenvalue weighted by molar-refractivity contribution is 5.75. The van der Waals surface area contributed by atoms with Crippen LogP contribution in [0.5, 0.6) is 0 Å². The Morgan fingerprint density at radius 3 is 1.46 bits per heavy atom. The largest absolute Gasteiger partial charge is 0.303 e. The molecule has 2 aliphatic rings. The molecular weight excluding hydrogens is 166 g/mol. The number of aldehydes is 1. The second-order valence-electron chi connectivity index (χ2n) is 2.26. The van der Waals surface area contributed by atoms with Crippen LogP contribution in [-0.2, 0) is 4.79 Å². The van der Waals surface area contributed by atoms with Crippen LogP contribution in [0.4, 0.5) is 0 Å². The smallest absolute Gasteiger partial charge is 0.211 e. The first-order valence-electron chi connectivity index (χ1n) is 3.87. The summed E-state index contributed by atoms with van der Waals surface area (Å²) in [6.45, 7) is 1.81. The SMILES string of the molecule is CCC=O.N=[N+]=N.c1cc2ccc1-2. The summed E-state index contributed by atoms with van der Waals surface area (Å²) in [6, 6.07) is 8.48. The summed E-state index contributed by atoms with van der Waals surface area (Å²) in [5, 5.41) is 0. The van der Waals surface area contributed by atoms with E-state index in [2.05, 4.69) is 24.3 Å². The number of rotatable bonds is 1. The molecule has 0 spiro atoms. The highest BCUT2D eigenvalue weighted by Gasteiger charge is 2.03. The fraction of sp³-hybridized carbons (Fsp3) is 0.222. The van der Waals surface area contributed by atoms with Crippen molar-refractivity contribution in [1.29, 1.82) is 11.1 Å². The lowest BCUT2D eigenvalue weighted by Gasteiger charge is -2.10. The van der Waals surface area contributed by atoms with Gasteiger partial charge in [-0.25, -0.2) is 0 Å². The molecule has 2 aliphatic carbocycles. The average molecular weight is 178 g/mol. The van der Waals surface area contributed by atoms with Crippen LogP contribution in [0, 0.1) is 11.1 Å². The molecule has 2 rings (SSSR count). The Kier molecular flexibility index (Phi) is 5.93. The molecular formula is C9H12N3O+. The monoisotopic (exact) mass is 178 g/mol. The predicted molar refractivity (Wildman–Crippen MR) is 49.4 cm³/mol. The van der Waals surface area contributed by atoms with E-state index in [1.165, 1.54) is 11.1 Å². The first kappa shape index (κ1) is 11.2. The van der Waals surface area contributed by atoms with Gasteiger partial charge in [0.15, 0.2) is 0 Å². The van der Waals surface area contributed by atoms with E-state index in [0.717, 1.165) is 6.29 Å². The van der Waals surface area contributed by atoms with Gasteiger partial charge in [0, 0.05) is 6.42 Å². The van der Waals surface area contributed by atoms with Gasteiger partial charge < -0.3 is 4.79 Å². The summed E-state index contributed by atoms with van der Waals surface area (Å²) < 4.78 is 0. The Hall–Kier alpha value is -1.80. The summed E-state index contributed by atoms with van der Waals surface area (Å²) in [6.07, 6.45) is 1.51. The lowest BCUT2D eigenvalue weighted by Crippen LogP contribution is -1.85. The van der Waals surface area contributed by atoms with Crippen LogP contribution >= 0.6 is 0 Å². The van der Waals surface area contributed by atoms with Gasteiger partial charge in [0.1, 0.15) is 17.3 Å². The van der Waals surface area contributed by atoms with E-state index in [9.17, 15) is 4.79 Å². The molecule has 0 aliphatic heterocycles. The van der Waals surface area contributed by atoms with E-state index < -0.39 is 0 Å². The van der Waals surface area contributed by atoms with Crippen molar-refractivity contribution in [3.63, 3.8) is 0 Å². The van der Waals surface area contributed by atoms with E-state index in [1.54, 1.807) is 0 Å². The molecule has 0 fully saturated rings.